The molecule has 0 bridgehead atoms. The van der Waals surface area contributed by atoms with Crippen LogP contribution in [-0.4, -0.2) is 24.2 Å². The monoisotopic (exact) mass is 255 g/mol. The maximum Gasteiger partial charge on any atom is 0.224 e. The SMILES string of the molecule is CC(CCO)CNC(=O)Cc1ccccc1Cl. The summed E-state index contributed by atoms with van der Waals surface area (Å²) in [5, 5.41) is 12.2. The van der Waals surface area contributed by atoms with Crippen molar-refractivity contribution >= 4 is 17.5 Å². The number of amides is 1. The van der Waals surface area contributed by atoms with Gasteiger partial charge in [-0.15, -0.1) is 0 Å². The molecule has 0 radical (unpaired) electrons. The molecule has 94 valence electrons. The average molecular weight is 256 g/mol. The van der Waals surface area contributed by atoms with E-state index in [0.29, 0.717) is 24.4 Å². The summed E-state index contributed by atoms with van der Waals surface area (Å²) < 4.78 is 0. The molecule has 0 aromatic heterocycles. The Morgan fingerprint density at radius 3 is 2.82 bits per heavy atom. The second-order valence-electron chi connectivity index (χ2n) is 4.19. The lowest BCUT2D eigenvalue weighted by molar-refractivity contribution is -0.120. The van der Waals surface area contributed by atoms with Crippen LogP contribution in [0.4, 0.5) is 0 Å². The van der Waals surface area contributed by atoms with Crippen molar-refractivity contribution in [3.63, 3.8) is 0 Å². The zero-order valence-electron chi connectivity index (χ0n) is 9.95. The van der Waals surface area contributed by atoms with Crippen LogP contribution in [0.1, 0.15) is 18.9 Å². The molecular formula is C13H18ClNO2. The van der Waals surface area contributed by atoms with E-state index in [1.54, 1.807) is 6.07 Å². The van der Waals surface area contributed by atoms with E-state index < -0.39 is 0 Å². The number of hydrogen-bond acceptors (Lipinski definition) is 2. The third kappa shape index (κ3) is 5.20. The van der Waals surface area contributed by atoms with Gasteiger partial charge in [0.1, 0.15) is 0 Å². The zero-order chi connectivity index (χ0) is 12.7. The van der Waals surface area contributed by atoms with E-state index in [2.05, 4.69) is 5.32 Å². The number of aliphatic hydroxyl groups is 1. The van der Waals surface area contributed by atoms with Gasteiger partial charge in [-0.2, -0.15) is 0 Å². The highest BCUT2D eigenvalue weighted by Crippen LogP contribution is 2.15. The van der Waals surface area contributed by atoms with Crippen LogP contribution in [0.2, 0.25) is 5.02 Å². The van der Waals surface area contributed by atoms with Crippen LogP contribution in [0.15, 0.2) is 24.3 Å². The number of rotatable bonds is 6. The fourth-order valence-corrected chi connectivity index (χ4v) is 1.69. The second kappa shape index (κ2) is 7.30. The lowest BCUT2D eigenvalue weighted by Gasteiger charge is -2.11. The molecule has 3 nitrogen and oxygen atoms in total. The van der Waals surface area contributed by atoms with Gasteiger partial charge in [-0.05, 0) is 24.0 Å². The van der Waals surface area contributed by atoms with Crippen molar-refractivity contribution in [3.05, 3.63) is 34.9 Å². The van der Waals surface area contributed by atoms with Gasteiger partial charge in [0.25, 0.3) is 0 Å². The molecule has 0 aliphatic carbocycles. The molecule has 0 saturated carbocycles. The summed E-state index contributed by atoms with van der Waals surface area (Å²) in [5.74, 6) is 0.248. The average Bonchev–Trinajstić information content (AvgIpc) is 2.30. The third-order valence-electron chi connectivity index (χ3n) is 2.58. The summed E-state index contributed by atoms with van der Waals surface area (Å²) in [6, 6.07) is 7.33. The standard InChI is InChI=1S/C13H18ClNO2/c1-10(6-7-16)9-15-13(17)8-11-4-2-3-5-12(11)14/h2-5,10,16H,6-9H2,1H3,(H,15,17). The summed E-state index contributed by atoms with van der Waals surface area (Å²) in [6.07, 6.45) is 0.998. The maximum absolute atomic E-state index is 11.6. The van der Waals surface area contributed by atoms with E-state index in [-0.39, 0.29) is 18.4 Å². The lowest BCUT2D eigenvalue weighted by Crippen LogP contribution is -2.30. The lowest BCUT2D eigenvalue weighted by atomic mass is 10.1. The van der Waals surface area contributed by atoms with Crippen LogP contribution < -0.4 is 5.32 Å². The molecule has 0 spiro atoms. The van der Waals surface area contributed by atoms with Crippen molar-refractivity contribution in [2.75, 3.05) is 13.2 Å². The Morgan fingerprint density at radius 1 is 1.47 bits per heavy atom. The van der Waals surface area contributed by atoms with Crippen molar-refractivity contribution in [2.45, 2.75) is 19.8 Å². The smallest absolute Gasteiger partial charge is 0.224 e. The predicted molar refractivity (Wildman–Crippen MR) is 69.0 cm³/mol. The van der Waals surface area contributed by atoms with Gasteiger partial charge in [0.05, 0.1) is 6.42 Å². The van der Waals surface area contributed by atoms with Crippen molar-refractivity contribution in [3.8, 4) is 0 Å². The number of hydrogen-bond donors (Lipinski definition) is 2. The molecule has 0 aliphatic heterocycles. The number of benzene rings is 1. The van der Waals surface area contributed by atoms with Gasteiger partial charge in [-0.25, -0.2) is 0 Å². The molecule has 4 heteroatoms. The van der Waals surface area contributed by atoms with E-state index in [0.717, 1.165) is 5.56 Å². The Bertz CT molecular complexity index is 368. The number of nitrogens with one attached hydrogen (secondary N) is 1. The molecule has 0 fully saturated rings. The Labute approximate surface area is 107 Å². The third-order valence-corrected chi connectivity index (χ3v) is 2.95. The molecule has 1 amide bonds. The van der Waals surface area contributed by atoms with Crippen molar-refractivity contribution in [2.24, 2.45) is 5.92 Å². The van der Waals surface area contributed by atoms with Crippen molar-refractivity contribution < 1.29 is 9.90 Å². The van der Waals surface area contributed by atoms with E-state index in [1.165, 1.54) is 0 Å². The summed E-state index contributed by atoms with van der Waals surface area (Å²) in [7, 11) is 0. The molecule has 1 atom stereocenters. The van der Waals surface area contributed by atoms with Crippen molar-refractivity contribution in [1.29, 1.82) is 0 Å². The van der Waals surface area contributed by atoms with Crippen LogP contribution in [-0.2, 0) is 11.2 Å². The Balaban J connectivity index is 2.37. The molecule has 0 aliphatic rings. The molecule has 0 heterocycles. The van der Waals surface area contributed by atoms with Gasteiger partial charge >= 0.3 is 0 Å². The highest BCUT2D eigenvalue weighted by Gasteiger charge is 2.08. The van der Waals surface area contributed by atoms with E-state index >= 15 is 0 Å². The topological polar surface area (TPSA) is 49.3 Å². The molecule has 1 aromatic carbocycles. The van der Waals surface area contributed by atoms with E-state index in [9.17, 15) is 4.79 Å². The molecule has 17 heavy (non-hydrogen) atoms. The van der Waals surface area contributed by atoms with Gasteiger partial charge in [0, 0.05) is 18.2 Å². The number of aliphatic hydroxyl groups excluding tert-OH is 1. The van der Waals surface area contributed by atoms with Crippen LogP contribution in [0, 0.1) is 5.92 Å². The summed E-state index contributed by atoms with van der Waals surface area (Å²) in [4.78, 5) is 11.6. The fourth-order valence-electron chi connectivity index (χ4n) is 1.49. The minimum absolute atomic E-state index is 0.0390. The van der Waals surface area contributed by atoms with Crippen molar-refractivity contribution in [1.82, 2.24) is 5.32 Å². The molecule has 1 aromatic rings. The molecule has 1 unspecified atom stereocenters. The van der Waals surface area contributed by atoms with Crippen LogP contribution in [0.5, 0.6) is 0 Å². The van der Waals surface area contributed by atoms with Gasteiger partial charge < -0.3 is 10.4 Å². The summed E-state index contributed by atoms with van der Waals surface area (Å²) in [6.45, 7) is 2.73. The molecule has 2 N–H and O–H groups in total. The molecule has 1 rings (SSSR count). The summed E-state index contributed by atoms with van der Waals surface area (Å²) in [5.41, 5.74) is 0.835. The quantitative estimate of drug-likeness (QED) is 0.817. The Morgan fingerprint density at radius 2 is 2.18 bits per heavy atom. The minimum atomic E-state index is -0.0390. The first kappa shape index (κ1) is 14.0. The molecular weight excluding hydrogens is 238 g/mol. The maximum atomic E-state index is 11.6. The second-order valence-corrected chi connectivity index (χ2v) is 4.60. The normalized spacial score (nSPS) is 12.2. The first-order valence-corrected chi connectivity index (χ1v) is 6.12. The first-order chi connectivity index (χ1) is 8.13. The van der Waals surface area contributed by atoms with E-state index in [1.807, 2.05) is 25.1 Å². The number of halogens is 1. The zero-order valence-corrected chi connectivity index (χ0v) is 10.7. The number of carbonyl (C=O) groups excluding carboxylic acids is 1. The van der Waals surface area contributed by atoms with Gasteiger partial charge in [0.2, 0.25) is 5.91 Å². The fraction of sp³-hybridized carbons (Fsp3) is 0.462. The Kier molecular flexibility index (Phi) is 6.01. The highest BCUT2D eigenvalue weighted by atomic mass is 35.5. The minimum Gasteiger partial charge on any atom is -0.396 e. The van der Waals surface area contributed by atoms with Gasteiger partial charge in [-0.3, -0.25) is 4.79 Å². The highest BCUT2D eigenvalue weighted by molar-refractivity contribution is 6.31. The largest absolute Gasteiger partial charge is 0.396 e. The molecule has 0 saturated heterocycles. The number of carbonyl (C=O) groups is 1. The van der Waals surface area contributed by atoms with E-state index in [4.69, 9.17) is 16.7 Å². The predicted octanol–water partition coefficient (Wildman–Crippen LogP) is 2.02. The Hall–Kier alpha value is -1.06. The van der Waals surface area contributed by atoms with Gasteiger partial charge in [-0.1, -0.05) is 36.7 Å². The summed E-state index contributed by atoms with van der Waals surface area (Å²) >= 11 is 5.97. The van der Waals surface area contributed by atoms with Gasteiger partial charge in [0.15, 0.2) is 0 Å². The van der Waals surface area contributed by atoms with Crippen LogP contribution in [0.3, 0.4) is 0 Å². The first-order valence-electron chi connectivity index (χ1n) is 5.74. The van der Waals surface area contributed by atoms with Crippen LogP contribution >= 0.6 is 11.6 Å². The van der Waals surface area contributed by atoms with Crippen LogP contribution in [0.25, 0.3) is 0 Å².